The summed E-state index contributed by atoms with van der Waals surface area (Å²) in [5.74, 6) is -0.0513. The Labute approximate surface area is 160 Å². The van der Waals surface area contributed by atoms with E-state index in [0.29, 0.717) is 18.8 Å². The van der Waals surface area contributed by atoms with Gasteiger partial charge in [0.15, 0.2) is 0 Å². The summed E-state index contributed by atoms with van der Waals surface area (Å²) in [5, 5.41) is 12.7. The van der Waals surface area contributed by atoms with Crippen molar-refractivity contribution >= 4 is 5.91 Å². The molecule has 1 atom stereocenters. The van der Waals surface area contributed by atoms with Gasteiger partial charge in [-0.25, -0.2) is 0 Å². The molecule has 1 heterocycles. The van der Waals surface area contributed by atoms with E-state index in [1.165, 1.54) is 0 Å². The highest BCUT2D eigenvalue weighted by Gasteiger charge is 2.35. The molecule has 1 saturated carbocycles. The summed E-state index contributed by atoms with van der Waals surface area (Å²) in [5.41, 5.74) is 3.66. The highest BCUT2D eigenvalue weighted by atomic mass is 16.5. The maximum absolute atomic E-state index is 12.3. The van der Waals surface area contributed by atoms with Gasteiger partial charge in [-0.3, -0.25) is 4.79 Å². The minimum atomic E-state index is -0.301. The SMILES string of the molecule is N#CC1(c2ccc(-c3ccc(C(=O)NC4CCOC4)cc3)cc2)CCCC1. The van der Waals surface area contributed by atoms with Crippen LogP contribution in [0.25, 0.3) is 11.1 Å². The first-order chi connectivity index (χ1) is 13.2. The van der Waals surface area contributed by atoms with Crippen LogP contribution < -0.4 is 5.32 Å². The molecule has 0 spiro atoms. The highest BCUT2D eigenvalue weighted by molar-refractivity contribution is 5.94. The van der Waals surface area contributed by atoms with Crippen molar-refractivity contribution < 1.29 is 9.53 Å². The second-order valence-electron chi connectivity index (χ2n) is 7.59. The molecule has 1 saturated heterocycles. The van der Waals surface area contributed by atoms with E-state index in [2.05, 4.69) is 35.7 Å². The van der Waals surface area contributed by atoms with Crippen molar-refractivity contribution in [1.29, 1.82) is 5.26 Å². The highest BCUT2D eigenvalue weighted by Crippen LogP contribution is 2.41. The van der Waals surface area contributed by atoms with Crippen molar-refractivity contribution in [3.8, 4) is 17.2 Å². The Hall–Kier alpha value is -2.64. The Bertz CT molecular complexity index is 837. The van der Waals surface area contributed by atoms with Crippen molar-refractivity contribution in [3.05, 3.63) is 59.7 Å². The van der Waals surface area contributed by atoms with Crippen LogP contribution in [0.1, 0.15) is 48.0 Å². The number of nitrogens with one attached hydrogen (secondary N) is 1. The van der Waals surface area contributed by atoms with E-state index in [1.54, 1.807) is 0 Å². The van der Waals surface area contributed by atoms with Gasteiger partial charge in [-0.05, 0) is 48.1 Å². The molecule has 27 heavy (non-hydrogen) atoms. The molecule has 4 heteroatoms. The number of carbonyl (C=O) groups excluding carboxylic acids is 1. The standard InChI is InChI=1S/C23H24N2O2/c24-16-23(12-1-2-13-23)20-9-7-18(8-10-20)17-3-5-19(6-4-17)22(26)25-21-11-14-27-15-21/h3-10,21H,1-2,11-15H2,(H,25,26). The summed E-state index contributed by atoms with van der Waals surface area (Å²) >= 11 is 0. The molecule has 2 fully saturated rings. The molecule has 1 aliphatic carbocycles. The lowest BCUT2D eigenvalue weighted by atomic mass is 9.80. The molecule has 2 aromatic carbocycles. The zero-order valence-corrected chi connectivity index (χ0v) is 15.4. The third-order valence-electron chi connectivity index (χ3n) is 5.85. The van der Waals surface area contributed by atoms with Crippen LogP contribution >= 0.6 is 0 Å². The molecule has 4 rings (SSSR count). The zero-order valence-electron chi connectivity index (χ0n) is 15.4. The first-order valence-corrected chi connectivity index (χ1v) is 9.71. The van der Waals surface area contributed by atoms with Gasteiger partial charge in [0.25, 0.3) is 5.91 Å². The van der Waals surface area contributed by atoms with Crippen LogP contribution in [0.5, 0.6) is 0 Å². The van der Waals surface area contributed by atoms with E-state index in [4.69, 9.17) is 4.74 Å². The number of hydrogen-bond acceptors (Lipinski definition) is 3. The van der Waals surface area contributed by atoms with E-state index >= 15 is 0 Å². The normalized spacial score (nSPS) is 20.9. The average molecular weight is 360 g/mol. The number of benzene rings is 2. The molecule has 0 aromatic heterocycles. The molecule has 1 unspecified atom stereocenters. The van der Waals surface area contributed by atoms with Crippen LogP contribution in [-0.2, 0) is 10.2 Å². The smallest absolute Gasteiger partial charge is 0.251 e. The van der Waals surface area contributed by atoms with Crippen LogP contribution in [0.4, 0.5) is 0 Å². The average Bonchev–Trinajstić information content (AvgIpc) is 3.41. The van der Waals surface area contributed by atoms with Gasteiger partial charge in [0.2, 0.25) is 0 Å². The van der Waals surface area contributed by atoms with Gasteiger partial charge in [-0.1, -0.05) is 49.2 Å². The summed E-state index contributed by atoms with van der Waals surface area (Å²) in [4.78, 5) is 12.3. The van der Waals surface area contributed by atoms with Gasteiger partial charge in [0, 0.05) is 12.2 Å². The lowest BCUT2D eigenvalue weighted by Crippen LogP contribution is -2.34. The Morgan fingerprint density at radius 2 is 1.67 bits per heavy atom. The molecule has 1 aliphatic heterocycles. The van der Waals surface area contributed by atoms with Crippen LogP contribution in [0.15, 0.2) is 48.5 Å². The van der Waals surface area contributed by atoms with E-state index in [9.17, 15) is 10.1 Å². The molecule has 2 aliphatic rings. The Morgan fingerprint density at radius 1 is 1.04 bits per heavy atom. The monoisotopic (exact) mass is 360 g/mol. The molecular weight excluding hydrogens is 336 g/mol. The van der Waals surface area contributed by atoms with Crippen LogP contribution in [-0.4, -0.2) is 25.2 Å². The number of nitrogens with zero attached hydrogens (tertiary/aromatic N) is 1. The molecule has 0 bridgehead atoms. The van der Waals surface area contributed by atoms with E-state index in [0.717, 1.165) is 48.8 Å². The number of ether oxygens (including phenoxy) is 1. The van der Waals surface area contributed by atoms with Crippen molar-refractivity contribution in [2.75, 3.05) is 13.2 Å². The van der Waals surface area contributed by atoms with Crippen LogP contribution in [0.3, 0.4) is 0 Å². The van der Waals surface area contributed by atoms with E-state index in [1.807, 2.05) is 24.3 Å². The Balaban J connectivity index is 1.47. The molecule has 4 nitrogen and oxygen atoms in total. The zero-order chi connectivity index (χ0) is 18.7. The summed E-state index contributed by atoms with van der Waals surface area (Å²) in [7, 11) is 0. The van der Waals surface area contributed by atoms with Gasteiger partial charge in [0.05, 0.1) is 24.1 Å². The number of nitriles is 1. The fourth-order valence-electron chi connectivity index (χ4n) is 4.16. The Kier molecular flexibility index (Phi) is 4.96. The van der Waals surface area contributed by atoms with Crippen molar-refractivity contribution in [2.45, 2.75) is 43.6 Å². The van der Waals surface area contributed by atoms with E-state index in [-0.39, 0.29) is 17.4 Å². The lowest BCUT2D eigenvalue weighted by Gasteiger charge is -2.21. The van der Waals surface area contributed by atoms with Gasteiger partial charge < -0.3 is 10.1 Å². The minimum Gasteiger partial charge on any atom is -0.379 e. The topological polar surface area (TPSA) is 62.1 Å². The third-order valence-corrected chi connectivity index (χ3v) is 5.85. The van der Waals surface area contributed by atoms with E-state index < -0.39 is 0 Å². The summed E-state index contributed by atoms with van der Waals surface area (Å²) in [6.07, 6.45) is 5.05. The number of hydrogen-bond donors (Lipinski definition) is 1. The molecule has 1 amide bonds. The predicted octanol–water partition coefficient (Wildman–Crippen LogP) is 4.21. The maximum Gasteiger partial charge on any atom is 0.251 e. The number of rotatable bonds is 4. The number of amides is 1. The van der Waals surface area contributed by atoms with Gasteiger partial charge in [-0.15, -0.1) is 0 Å². The second kappa shape index (κ2) is 7.54. The molecule has 2 aromatic rings. The fourth-order valence-corrected chi connectivity index (χ4v) is 4.16. The molecule has 1 N–H and O–H groups in total. The first-order valence-electron chi connectivity index (χ1n) is 9.71. The summed E-state index contributed by atoms with van der Waals surface area (Å²) in [6, 6.07) is 18.7. The second-order valence-corrected chi connectivity index (χ2v) is 7.59. The van der Waals surface area contributed by atoms with Gasteiger partial charge >= 0.3 is 0 Å². The minimum absolute atomic E-state index is 0.0513. The molecule has 138 valence electrons. The quantitative estimate of drug-likeness (QED) is 0.888. The maximum atomic E-state index is 12.3. The largest absolute Gasteiger partial charge is 0.379 e. The first kappa shape index (κ1) is 17.8. The Morgan fingerprint density at radius 3 is 2.22 bits per heavy atom. The summed E-state index contributed by atoms with van der Waals surface area (Å²) in [6.45, 7) is 1.31. The summed E-state index contributed by atoms with van der Waals surface area (Å²) < 4.78 is 5.30. The van der Waals surface area contributed by atoms with Crippen molar-refractivity contribution in [1.82, 2.24) is 5.32 Å². The van der Waals surface area contributed by atoms with Gasteiger partial charge in [0.1, 0.15) is 0 Å². The van der Waals surface area contributed by atoms with Crippen molar-refractivity contribution in [2.24, 2.45) is 0 Å². The number of carbonyl (C=O) groups is 1. The molecular formula is C23H24N2O2. The molecule has 0 radical (unpaired) electrons. The van der Waals surface area contributed by atoms with Crippen LogP contribution in [0.2, 0.25) is 0 Å². The van der Waals surface area contributed by atoms with Crippen LogP contribution in [0, 0.1) is 11.3 Å². The van der Waals surface area contributed by atoms with Gasteiger partial charge in [-0.2, -0.15) is 5.26 Å². The fraction of sp³-hybridized carbons (Fsp3) is 0.391. The van der Waals surface area contributed by atoms with Crippen molar-refractivity contribution in [3.63, 3.8) is 0 Å². The third kappa shape index (κ3) is 3.61. The predicted molar refractivity (Wildman–Crippen MR) is 104 cm³/mol. The lowest BCUT2D eigenvalue weighted by molar-refractivity contribution is 0.0930.